The predicted octanol–water partition coefficient (Wildman–Crippen LogP) is 1.95. The van der Waals surface area contributed by atoms with Crippen molar-refractivity contribution in [1.82, 2.24) is 14.9 Å². The second-order valence-electron chi connectivity index (χ2n) is 9.11. The second-order valence-corrected chi connectivity index (χ2v) is 12.0. The zero-order chi connectivity index (χ0) is 27.2. The standard InChI is InChI=1S/C25H33N3O7S2/c1-16(2)23(25(31)35-4)27-24(30)21-14-17(26-22(29)15-19-6-5-13-36-19)11-12-28(21)37(32,33)20-9-7-18(34-3)8-10-20/h5-10,13,16-17,21,23H,11-12,14-15H2,1-4H3,(H,26,29)(H,27,30). The fraction of sp³-hybridized carbons (Fsp3) is 0.480. The molecular formula is C25H33N3O7S2. The van der Waals surface area contributed by atoms with Crippen molar-refractivity contribution in [2.24, 2.45) is 5.92 Å². The number of nitrogens with zero attached hydrogens (tertiary/aromatic N) is 1. The van der Waals surface area contributed by atoms with Crippen LogP contribution in [0.25, 0.3) is 0 Å². The molecule has 1 aliphatic rings. The van der Waals surface area contributed by atoms with Crippen molar-refractivity contribution in [3.05, 3.63) is 46.7 Å². The fourth-order valence-electron chi connectivity index (χ4n) is 4.21. The van der Waals surface area contributed by atoms with E-state index >= 15 is 0 Å². The number of piperidine rings is 1. The van der Waals surface area contributed by atoms with Crippen LogP contribution in [0.5, 0.6) is 5.75 Å². The normalized spacial score (nSPS) is 19.2. The molecule has 0 saturated carbocycles. The Labute approximate surface area is 221 Å². The van der Waals surface area contributed by atoms with Crippen LogP contribution >= 0.6 is 11.3 Å². The first-order valence-electron chi connectivity index (χ1n) is 11.9. The van der Waals surface area contributed by atoms with Crippen LogP contribution in [-0.4, -0.2) is 69.4 Å². The topological polar surface area (TPSA) is 131 Å². The van der Waals surface area contributed by atoms with Crippen molar-refractivity contribution in [1.29, 1.82) is 0 Å². The van der Waals surface area contributed by atoms with Gasteiger partial charge in [-0.15, -0.1) is 11.3 Å². The molecule has 0 aliphatic carbocycles. The third-order valence-electron chi connectivity index (χ3n) is 6.22. The Bertz CT molecular complexity index is 1180. The van der Waals surface area contributed by atoms with Gasteiger partial charge in [-0.2, -0.15) is 4.31 Å². The van der Waals surface area contributed by atoms with Crippen LogP contribution in [0.1, 0.15) is 31.6 Å². The van der Waals surface area contributed by atoms with E-state index in [0.29, 0.717) is 12.2 Å². The lowest BCUT2D eigenvalue weighted by Gasteiger charge is -2.38. The summed E-state index contributed by atoms with van der Waals surface area (Å²) in [7, 11) is -1.36. The second kappa shape index (κ2) is 12.5. The highest BCUT2D eigenvalue weighted by molar-refractivity contribution is 7.89. The number of ether oxygens (including phenoxy) is 2. The van der Waals surface area contributed by atoms with Crippen LogP contribution in [0.4, 0.5) is 0 Å². The Kier molecular flexibility index (Phi) is 9.68. The Morgan fingerprint density at radius 1 is 1.14 bits per heavy atom. The third kappa shape index (κ3) is 7.08. The monoisotopic (exact) mass is 551 g/mol. The van der Waals surface area contributed by atoms with Crippen LogP contribution in [0.3, 0.4) is 0 Å². The van der Waals surface area contributed by atoms with Gasteiger partial charge in [0.1, 0.15) is 17.8 Å². The van der Waals surface area contributed by atoms with E-state index in [1.165, 1.54) is 49.8 Å². The van der Waals surface area contributed by atoms with Crippen LogP contribution in [0.15, 0.2) is 46.7 Å². The molecule has 37 heavy (non-hydrogen) atoms. The van der Waals surface area contributed by atoms with Gasteiger partial charge in [-0.05, 0) is 54.5 Å². The van der Waals surface area contributed by atoms with Crippen molar-refractivity contribution >= 4 is 39.1 Å². The Balaban J connectivity index is 1.85. The third-order valence-corrected chi connectivity index (χ3v) is 9.02. The minimum Gasteiger partial charge on any atom is -0.497 e. The van der Waals surface area contributed by atoms with Gasteiger partial charge < -0.3 is 20.1 Å². The van der Waals surface area contributed by atoms with E-state index < -0.39 is 40.0 Å². The van der Waals surface area contributed by atoms with E-state index in [9.17, 15) is 22.8 Å². The molecule has 0 radical (unpaired) electrons. The van der Waals surface area contributed by atoms with Crippen molar-refractivity contribution in [2.45, 2.75) is 56.1 Å². The summed E-state index contributed by atoms with van der Waals surface area (Å²) in [5.41, 5.74) is 0. The van der Waals surface area contributed by atoms with E-state index in [-0.39, 0.29) is 36.1 Å². The number of sulfonamides is 1. The van der Waals surface area contributed by atoms with Gasteiger partial charge in [0.25, 0.3) is 0 Å². The lowest BCUT2D eigenvalue weighted by Crippen LogP contribution is -2.59. The minimum absolute atomic E-state index is 0.0136. The Hall–Kier alpha value is -2.96. The molecule has 2 amide bonds. The molecule has 10 nitrogen and oxygen atoms in total. The molecule has 1 aromatic heterocycles. The van der Waals surface area contributed by atoms with E-state index in [1.54, 1.807) is 13.8 Å². The highest BCUT2D eigenvalue weighted by Gasteiger charge is 2.42. The van der Waals surface area contributed by atoms with E-state index in [2.05, 4.69) is 10.6 Å². The highest BCUT2D eigenvalue weighted by atomic mass is 32.2. The summed E-state index contributed by atoms with van der Waals surface area (Å²) in [5.74, 6) is -1.23. The average Bonchev–Trinajstić information content (AvgIpc) is 3.39. The summed E-state index contributed by atoms with van der Waals surface area (Å²) < 4.78 is 38.2. The van der Waals surface area contributed by atoms with Crippen molar-refractivity contribution < 1.29 is 32.3 Å². The van der Waals surface area contributed by atoms with Gasteiger partial charge in [-0.25, -0.2) is 13.2 Å². The maximum atomic E-state index is 13.6. The molecule has 2 heterocycles. The van der Waals surface area contributed by atoms with Gasteiger partial charge in [0.05, 0.1) is 25.5 Å². The molecule has 1 aliphatic heterocycles. The average molecular weight is 552 g/mol. The highest BCUT2D eigenvalue weighted by Crippen LogP contribution is 2.27. The molecule has 1 aromatic carbocycles. The number of rotatable bonds is 10. The number of methoxy groups -OCH3 is 2. The molecule has 3 unspecified atom stereocenters. The minimum atomic E-state index is -4.07. The fourth-order valence-corrected chi connectivity index (χ4v) is 6.52. The molecule has 1 fully saturated rings. The Morgan fingerprint density at radius 3 is 2.41 bits per heavy atom. The number of esters is 1. The first-order chi connectivity index (χ1) is 17.6. The summed E-state index contributed by atoms with van der Waals surface area (Å²) >= 11 is 1.47. The van der Waals surface area contributed by atoms with E-state index in [0.717, 1.165) is 9.18 Å². The number of carbonyl (C=O) groups excluding carboxylic acids is 3. The number of hydrogen-bond donors (Lipinski definition) is 2. The van der Waals surface area contributed by atoms with E-state index in [1.807, 2.05) is 17.5 Å². The zero-order valence-corrected chi connectivity index (χ0v) is 22.9. The molecule has 0 bridgehead atoms. The van der Waals surface area contributed by atoms with Gasteiger partial charge in [-0.1, -0.05) is 19.9 Å². The molecule has 12 heteroatoms. The molecule has 3 atom stereocenters. The number of benzene rings is 1. The summed E-state index contributed by atoms with van der Waals surface area (Å²) in [6.07, 6.45) is 0.597. The summed E-state index contributed by atoms with van der Waals surface area (Å²) in [4.78, 5) is 39.2. The van der Waals surface area contributed by atoms with Crippen molar-refractivity contribution in [2.75, 3.05) is 20.8 Å². The maximum absolute atomic E-state index is 13.6. The summed E-state index contributed by atoms with van der Waals surface area (Å²) in [6, 6.07) is 7.13. The molecule has 2 aromatic rings. The number of carbonyl (C=O) groups is 3. The predicted molar refractivity (Wildman–Crippen MR) is 139 cm³/mol. The van der Waals surface area contributed by atoms with Gasteiger partial charge >= 0.3 is 5.97 Å². The van der Waals surface area contributed by atoms with Crippen LogP contribution in [0, 0.1) is 5.92 Å². The molecule has 0 spiro atoms. The Morgan fingerprint density at radius 2 is 1.84 bits per heavy atom. The largest absolute Gasteiger partial charge is 0.497 e. The van der Waals surface area contributed by atoms with E-state index in [4.69, 9.17) is 9.47 Å². The van der Waals surface area contributed by atoms with Gasteiger partial charge in [0, 0.05) is 17.5 Å². The number of hydrogen-bond acceptors (Lipinski definition) is 8. The van der Waals surface area contributed by atoms with Crippen LogP contribution < -0.4 is 15.4 Å². The number of nitrogens with one attached hydrogen (secondary N) is 2. The van der Waals surface area contributed by atoms with Crippen molar-refractivity contribution in [3.8, 4) is 5.75 Å². The van der Waals surface area contributed by atoms with Crippen molar-refractivity contribution in [3.63, 3.8) is 0 Å². The van der Waals surface area contributed by atoms with Crippen LogP contribution in [-0.2, 0) is 35.6 Å². The lowest BCUT2D eigenvalue weighted by molar-refractivity contribution is -0.147. The lowest BCUT2D eigenvalue weighted by atomic mass is 9.97. The van der Waals surface area contributed by atoms with Crippen LogP contribution in [0.2, 0.25) is 0 Å². The number of thiophene rings is 1. The number of amides is 2. The van der Waals surface area contributed by atoms with Gasteiger partial charge in [0.2, 0.25) is 21.8 Å². The SMILES string of the molecule is COC(=O)C(NC(=O)C1CC(NC(=O)Cc2cccs2)CCN1S(=O)(=O)c1ccc(OC)cc1)C(C)C. The molecular weight excluding hydrogens is 518 g/mol. The molecule has 1 saturated heterocycles. The quantitative estimate of drug-likeness (QED) is 0.432. The first kappa shape index (κ1) is 28.6. The molecule has 3 rings (SSSR count). The van der Waals surface area contributed by atoms with Gasteiger partial charge in [-0.3, -0.25) is 9.59 Å². The maximum Gasteiger partial charge on any atom is 0.328 e. The smallest absolute Gasteiger partial charge is 0.328 e. The molecule has 2 N–H and O–H groups in total. The van der Waals surface area contributed by atoms with Gasteiger partial charge in [0.15, 0.2) is 0 Å². The zero-order valence-electron chi connectivity index (χ0n) is 21.3. The first-order valence-corrected chi connectivity index (χ1v) is 14.2. The summed E-state index contributed by atoms with van der Waals surface area (Å²) in [5, 5.41) is 7.49. The molecule has 202 valence electrons. The summed E-state index contributed by atoms with van der Waals surface area (Å²) in [6.45, 7) is 3.52.